The van der Waals surface area contributed by atoms with Crippen LogP contribution >= 0.6 is 0 Å². The fourth-order valence-corrected chi connectivity index (χ4v) is 5.50. The number of hydrogen-bond donors (Lipinski definition) is 1. The van der Waals surface area contributed by atoms with Gasteiger partial charge in [0, 0.05) is 33.9 Å². The number of hydrogen-bond acceptors (Lipinski definition) is 4. The van der Waals surface area contributed by atoms with Gasteiger partial charge in [0.15, 0.2) is 0 Å². The number of amides is 3. The summed E-state index contributed by atoms with van der Waals surface area (Å²) in [6.07, 6.45) is 0.696. The highest BCUT2D eigenvalue weighted by Crippen LogP contribution is 2.39. The number of nitrogens with one attached hydrogen (secondary N) is 1. The molecule has 178 valence electrons. The van der Waals surface area contributed by atoms with Crippen LogP contribution in [0.15, 0.2) is 91.0 Å². The Morgan fingerprint density at radius 2 is 1.47 bits per heavy atom. The van der Waals surface area contributed by atoms with E-state index in [2.05, 4.69) is 5.32 Å². The van der Waals surface area contributed by atoms with Gasteiger partial charge in [-0.25, -0.2) is 0 Å². The summed E-state index contributed by atoms with van der Waals surface area (Å²) in [6, 6.07) is 28.5. The van der Waals surface area contributed by atoms with Gasteiger partial charge < -0.3 is 10.2 Å². The van der Waals surface area contributed by atoms with Crippen molar-refractivity contribution in [2.75, 3.05) is 16.8 Å². The number of fused-ring (bicyclic) bond motifs is 1. The van der Waals surface area contributed by atoms with Crippen LogP contribution in [0.25, 0.3) is 10.8 Å². The smallest absolute Gasteiger partial charge is 0.261 e. The largest absolute Gasteiger partial charge is 0.378 e. The Morgan fingerprint density at radius 3 is 2.17 bits per heavy atom. The fourth-order valence-electron chi connectivity index (χ4n) is 5.50. The first-order valence-corrected chi connectivity index (χ1v) is 12.1. The molecule has 6 nitrogen and oxygen atoms in total. The van der Waals surface area contributed by atoms with Crippen molar-refractivity contribution >= 4 is 39.9 Å². The molecule has 6 rings (SSSR count). The van der Waals surface area contributed by atoms with Crippen LogP contribution in [0.1, 0.15) is 45.7 Å². The molecule has 0 aromatic heterocycles. The van der Waals surface area contributed by atoms with Crippen molar-refractivity contribution < 1.29 is 14.4 Å². The lowest BCUT2D eigenvalue weighted by Crippen LogP contribution is -2.51. The zero-order chi connectivity index (χ0) is 24.8. The zero-order valence-electron chi connectivity index (χ0n) is 19.8. The lowest BCUT2D eigenvalue weighted by molar-refractivity contribution is -0.119. The Bertz CT molecular complexity index is 1460. The number of nitrogens with zero attached hydrogens (tertiary/aromatic N) is 2. The number of benzene rings is 4. The van der Waals surface area contributed by atoms with E-state index < -0.39 is 11.8 Å². The Balaban J connectivity index is 1.30. The molecule has 0 radical (unpaired) electrons. The van der Waals surface area contributed by atoms with Gasteiger partial charge in [-0.05, 0) is 54.6 Å². The molecule has 6 heteroatoms. The van der Waals surface area contributed by atoms with Crippen LogP contribution in [0.2, 0.25) is 0 Å². The maximum Gasteiger partial charge on any atom is 0.261 e. The number of carbonyl (C=O) groups excluding carboxylic acids is 3. The van der Waals surface area contributed by atoms with Crippen molar-refractivity contribution in [3.63, 3.8) is 0 Å². The van der Waals surface area contributed by atoms with Gasteiger partial charge in [0.05, 0.1) is 6.04 Å². The summed E-state index contributed by atoms with van der Waals surface area (Å²) in [5.74, 6) is -1.14. The van der Waals surface area contributed by atoms with Crippen LogP contribution in [0, 0.1) is 0 Å². The number of para-hydroxylation sites is 2. The van der Waals surface area contributed by atoms with Crippen molar-refractivity contribution in [3.8, 4) is 0 Å². The molecule has 0 aliphatic carbocycles. The van der Waals surface area contributed by atoms with E-state index in [-0.39, 0.29) is 24.5 Å². The first kappa shape index (κ1) is 22.0. The predicted molar refractivity (Wildman–Crippen MR) is 140 cm³/mol. The quantitative estimate of drug-likeness (QED) is 0.401. The van der Waals surface area contributed by atoms with Gasteiger partial charge in [0.2, 0.25) is 5.91 Å². The van der Waals surface area contributed by atoms with E-state index in [9.17, 15) is 14.4 Å². The summed E-state index contributed by atoms with van der Waals surface area (Å²) in [7, 11) is 0. The van der Waals surface area contributed by atoms with Crippen molar-refractivity contribution in [1.82, 2.24) is 4.90 Å². The van der Waals surface area contributed by atoms with Crippen molar-refractivity contribution in [2.45, 2.75) is 25.4 Å². The number of imide groups is 1. The third-order valence-corrected chi connectivity index (χ3v) is 7.12. The van der Waals surface area contributed by atoms with Gasteiger partial charge in [-0.3, -0.25) is 19.3 Å². The van der Waals surface area contributed by atoms with Crippen molar-refractivity contribution in [2.24, 2.45) is 0 Å². The molecule has 0 bridgehead atoms. The van der Waals surface area contributed by atoms with Crippen LogP contribution in [-0.2, 0) is 4.79 Å². The van der Waals surface area contributed by atoms with E-state index >= 15 is 0 Å². The highest BCUT2D eigenvalue weighted by molar-refractivity contribution is 6.26. The van der Waals surface area contributed by atoms with Gasteiger partial charge >= 0.3 is 0 Å². The van der Waals surface area contributed by atoms with Gasteiger partial charge in [-0.1, -0.05) is 60.7 Å². The highest BCUT2D eigenvalue weighted by atomic mass is 16.2. The van der Waals surface area contributed by atoms with Crippen LogP contribution in [0.3, 0.4) is 0 Å². The topological polar surface area (TPSA) is 69.7 Å². The molecule has 2 atom stereocenters. The van der Waals surface area contributed by atoms with E-state index in [4.69, 9.17) is 0 Å². The van der Waals surface area contributed by atoms with Gasteiger partial charge in [0.1, 0.15) is 6.54 Å². The minimum Gasteiger partial charge on any atom is -0.378 e. The second kappa shape index (κ2) is 8.64. The molecule has 2 unspecified atom stereocenters. The normalized spacial score (nSPS) is 18.8. The number of carbonyl (C=O) groups is 3. The maximum atomic E-state index is 13.7. The molecule has 0 spiro atoms. The molecule has 3 amide bonds. The SMILES string of the molecule is CC1CC(Nc2ccccc2)c2ccccc2N1C(=O)CN1C(=O)c2cccc3cccc(c23)C1=O. The van der Waals surface area contributed by atoms with E-state index in [1.54, 1.807) is 29.2 Å². The number of rotatable bonds is 4. The molecule has 0 fully saturated rings. The summed E-state index contributed by atoms with van der Waals surface area (Å²) in [6.45, 7) is 1.70. The molecule has 2 heterocycles. The molecule has 2 aliphatic rings. The van der Waals surface area contributed by atoms with E-state index in [1.807, 2.05) is 73.7 Å². The molecule has 36 heavy (non-hydrogen) atoms. The molecular weight excluding hydrogens is 450 g/mol. The summed E-state index contributed by atoms with van der Waals surface area (Å²) in [5, 5.41) is 5.09. The molecule has 4 aromatic carbocycles. The van der Waals surface area contributed by atoms with Crippen LogP contribution in [-0.4, -0.2) is 35.2 Å². The summed E-state index contributed by atoms with van der Waals surface area (Å²) in [5.41, 5.74) is 3.74. The summed E-state index contributed by atoms with van der Waals surface area (Å²) in [4.78, 5) is 43.2. The lowest BCUT2D eigenvalue weighted by atomic mass is 9.91. The van der Waals surface area contributed by atoms with Gasteiger partial charge in [-0.15, -0.1) is 0 Å². The minimum atomic E-state index is -0.431. The van der Waals surface area contributed by atoms with Crippen LogP contribution in [0.5, 0.6) is 0 Å². The lowest BCUT2D eigenvalue weighted by Gasteiger charge is -2.40. The third-order valence-electron chi connectivity index (χ3n) is 7.12. The Morgan fingerprint density at radius 1 is 0.833 bits per heavy atom. The summed E-state index contributed by atoms with van der Waals surface area (Å²) >= 11 is 0. The molecule has 0 saturated carbocycles. The second-order valence-electron chi connectivity index (χ2n) is 9.38. The molecule has 4 aromatic rings. The predicted octanol–water partition coefficient (Wildman–Crippen LogP) is 5.41. The fraction of sp³-hybridized carbons (Fsp3) is 0.167. The van der Waals surface area contributed by atoms with E-state index in [1.165, 1.54) is 0 Å². The molecular formula is C30H25N3O3. The van der Waals surface area contributed by atoms with Crippen molar-refractivity contribution in [1.29, 1.82) is 0 Å². The summed E-state index contributed by atoms with van der Waals surface area (Å²) < 4.78 is 0. The van der Waals surface area contributed by atoms with Crippen LogP contribution < -0.4 is 10.2 Å². The first-order chi connectivity index (χ1) is 17.5. The molecule has 1 N–H and O–H groups in total. The van der Waals surface area contributed by atoms with E-state index in [0.717, 1.165) is 27.2 Å². The monoisotopic (exact) mass is 475 g/mol. The standard InChI is InChI=1S/C30H25N3O3/c1-19-17-25(31-21-11-3-2-4-12-21)22-13-5-6-16-26(22)33(19)27(34)18-32-29(35)23-14-7-9-20-10-8-15-24(28(20)23)30(32)36/h2-16,19,25,31H,17-18H2,1H3. The average Bonchev–Trinajstić information content (AvgIpc) is 2.90. The maximum absolute atomic E-state index is 13.7. The second-order valence-corrected chi connectivity index (χ2v) is 9.38. The Labute approximate surface area is 209 Å². The Hall–Kier alpha value is -4.45. The third kappa shape index (κ3) is 3.53. The first-order valence-electron chi connectivity index (χ1n) is 12.1. The van der Waals surface area contributed by atoms with Gasteiger partial charge in [-0.2, -0.15) is 0 Å². The highest BCUT2D eigenvalue weighted by Gasteiger charge is 2.38. The number of anilines is 2. The van der Waals surface area contributed by atoms with Crippen molar-refractivity contribution in [3.05, 3.63) is 108 Å². The van der Waals surface area contributed by atoms with E-state index in [0.29, 0.717) is 22.9 Å². The minimum absolute atomic E-state index is 0.0328. The molecule has 0 saturated heterocycles. The van der Waals surface area contributed by atoms with Gasteiger partial charge in [0.25, 0.3) is 11.8 Å². The average molecular weight is 476 g/mol. The van der Waals surface area contributed by atoms with Crippen LogP contribution in [0.4, 0.5) is 11.4 Å². The zero-order valence-corrected chi connectivity index (χ0v) is 19.8. The molecule has 2 aliphatic heterocycles. The Kier molecular flexibility index (Phi) is 5.29.